The van der Waals surface area contributed by atoms with E-state index >= 15 is 8.78 Å². The molecule has 3 aliphatic heterocycles. The molecule has 15 heteroatoms. The molecule has 4 fully saturated rings. The Hall–Kier alpha value is -3.49. The average Bonchev–Trinajstić information content (AvgIpc) is 3.52. The van der Waals surface area contributed by atoms with Gasteiger partial charge >= 0.3 is 0 Å². The van der Waals surface area contributed by atoms with Crippen molar-refractivity contribution in [3.8, 4) is 0 Å². The van der Waals surface area contributed by atoms with Gasteiger partial charge < -0.3 is 20.5 Å². The van der Waals surface area contributed by atoms with Crippen LogP contribution in [0.25, 0.3) is 10.9 Å². The smallest absolute Gasteiger partial charge is 0.271 e. The van der Waals surface area contributed by atoms with Crippen LogP contribution in [0.1, 0.15) is 42.6 Å². The maximum absolute atomic E-state index is 15.1. The van der Waals surface area contributed by atoms with Crippen LogP contribution in [0.3, 0.4) is 0 Å². The van der Waals surface area contributed by atoms with Gasteiger partial charge in [-0.1, -0.05) is 0 Å². The lowest BCUT2D eigenvalue weighted by Crippen LogP contribution is -2.68. The number of H-pyrrole nitrogens is 1. The van der Waals surface area contributed by atoms with E-state index in [-0.39, 0.29) is 35.9 Å². The van der Waals surface area contributed by atoms with Crippen LogP contribution in [0.2, 0.25) is 0 Å². The molecule has 3 N–H and O–H groups in total. The van der Waals surface area contributed by atoms with Crippen molar-refractivity contribution in [1.82, 2.24) is 20.5 Å². The first-order valence-corrected chi connectivity index (χ1v) is 14.9. The Morgan fingerprint density at radius 1 is 1.20 bits per heavy atom. The van der Waals surface area contributed by atoms with Crippen LogP contribution in [0.5, 0.6) is 0 Å². The molecule has 6 rings (SSSR count). The molecule has 41 heavy (non-hydrogen) atoms. The second-order valence-corrected chi connectivity index (χ2v) is 12.8. The Kier molecular flexibility index (Phi) is 7.37. The highest BCUT2D eigenvalue weighted by Crippen LogP contribution is 2.49. The number of nitrogens with zero attached hydrogens (tertiary/aromatic N) is 1. The minimum Gasteiger partial charge on any atom is -0.356 e. The van der Waals surface area contributed by atoms with E-state index in [0.29, 0.717) is 25.3 Å². The zero-order chi connectivity index (χ0) is 29.9. The Morgan fingerprint density at radius 2 is 1.90 bits per heavy atom. The standard InChI is InChI=1S/C26H27F5N4O5S/c1-41(39,40)20(29)9-13(8-12-6-7-32-23(12)36)33-24(37)22-16-3-2-14(11-26(16,30)31)35(22)25(38)19-10-15-17(27)4-5-18(28)21(15)34-19/h4-5,9-10,12-14,16,22,34H,2-3,6-8,11H2,1H3,(H,32,36)(H,33,37)/b20-9-/t12-,13+,14+,16+,22+/m0/s1. The second-order valence-electron chi connectivity index (χ2n) is 10.8. The number of hydrogen-bond acceptors (Lipinski definition) is 5. The zero-order valence-electron chi connectivity index (χ0n) is 21.7. The first-order valence-electron chi connectivity index (χ1n) is 13.0. The number of alkyl halides is 2. The summed E-state index contributed by atoms with van der Waals surface area (Å²) in [6, 6.07) is -1.48. The van der Waals surface area contributed by atoms with Gasteiger partial charge in [-0.05, 0) is 50.0 Å². The zero-order valence-corrected chi connectivity index (χ0v) is 22.5. The Balaban J connectivity index is 1.49. The number of benzene rings is 1. The van der Waals surface area contributed by atoms with Crippen molar-refractivity contribution in [3.05, 3.63) is 46.8 Å². The summed E-state index contributed by atoms with van der Waals surface area (Å²) in [6.07, 6.45) is 0.618. The highest BCUT2D eigenvalue weighted by Gasteiger charge is 2.60. The maximum Gasteiger partial charge on any atom is 0.271 e. The number of piperidine rings is 2. The summed E-state index contributed by atoms with van der Waals surface area (Å²) in [6.45, 7) is 0.314. The summed E-state index contributed by atoms with van der Waals surface area (Å²) < 4.78 is 96.6. The number of sulfone groups is 1. The topological polar surface area (TPSA) is 128 Å². The molecular weight excluding hydrogens is 575 g/mol. The van der Waals surface area contributed by atoms with Crippen molar-refractivity contribution in [3.63, 3.8) is 0 Å². The monoisotopic (exact) mass is 602 g/mol. The molecule has 9 nitrogen and oxygen atoms in total. The van der Waals surface area contributed by atoms with Gasteiger partial charge in [0.15, 0.2) is 0 Å². The lowest BCUT2D eigenvalue weighted by molar-refractivity contribution is -0.179. The summed E-state index contributed by atoms with van der Waals surface area (Å²) >= 11 is 0. The van der Waals surface area contributed by atoms with E-state index < -0.39 is 86.7 Å². The van der Waals surface area contributed by atoms with Gasteiger partial charge in [0.1, 0.15) is 23.4 Å². The predicted molar refractivity (Wildman–Crippen MR) is 136 cm³/mol. The summed E-state index contributed by atoms with van der Waals surface area (Å²) in [4.78, 5) is 42.8. The number of halogens is 5. The van der Waals surface area contributed by atoms with E-state index in [2.05, 4.69) is 15.6 Å². The van der Waals surface area contributed by atoms with Crippen LogP contribution in [0.15, 0.2) is 29.4 Å². The van der Waals surface area contributed by atoms with Crippen LogP contribution in [0.4, 0.5) is 22.0 Å². The van der Waals surface area contributed by atoms with E-state index in [9.17, 15) is 36.0 Å². The van der Waals surface area contributed by atoms with Gasteiger partial charge in [-0.3, -0.25) is 14.4 Å². The van der Waals surface area contributed by atoms with Gasteiger partial charge in [0.05, 0.1) is 17.5 Å². The fourth-order valence-corrected chi connectivity index (χ4v) is 6.51. The Labute approximate surface area is 231 Å². The fraction of sp³-hybridized carbons (Fsp3) is 0.500. The Bertz CT molecular complexity index is 1520. The number of carbonyl (C=O) groups excluding carboxylic acids is 3. The molecule has 2 bridgehead atoms. The first-order chi connectivity index (χ1) is 19.2. The number of fused-ring (bicyclic) bond motifs is 4. The number of hydrogen-bond donors (Lipinski definition) is 3. The summed E-state index contributed by atoms with van der Waals surface area (Å²) in [5.41, 5.74) is -0.627. The van der Waals surface area contributed by atoms with E-state index in [1.54, 1.807) is 0 Å². The molecule has 1 saturated carbocycles. The largest absolute Gasteiger partial charge is 0.356 e. The number of nitrogens with one attached hydrogen (secondary N) is 3. The quantitative estimate of drug-likeness (QED) is 0.420. The molecule has 2 aromatic rings. The highest BCUT2D eigenvalue weighted by molar-refractivity contribution is 7.94. The number of aromatic nitrogens is 1. The molecule has 0 unspecified atom stereocenters. The van der Waals surface area contributed by atoms with Crippen LogP contribution in [-0.2, 0) is 19.4 Å². The van der Waals surface area contributed by atoms with Gasteiger partial charge in [-0.25, -0.2) is 26.0 Å². The van der Waals surface area contributed by atoms with Gasteiger partial charge in [0, 0.05) is 36.6 Å². The highest BCUT2D eigenvalue weighted by atomic mass is 32.2. The van der Waals surface area contributed by atoms with Crippen LogP contribution in [0, 0.1) is 23.5 Å². The normalized spacial score (nSPS) is 26.7. The molecule has 3 amide bonds. The molecule has 3 saturated heterocycles. The average molecular weight is 603 g/mol. The molecule has 222 valence electrons. The van der Waals surface area contributed by atoms with Crippen LogP contribution < -0.4 is 10.6 Å². The summed E-state index contributed by atoms with van der Waals surface area (Å²) in [7, 11) is -4.32. The van der Waals surface area contributed by atoms with Crippen molar-refractivity contribution in [1.29, 1.82) is 0 Å². The number of amides is 3. The third kappa shape index (κ3) is 5.43. The molecule has 4 heterocycles. The van der Waals surface area contributed by atoms with Crippen LogP contribution in [-0.4, -0.2) is 72.9 Å². The minimum absolute atomic E-state index is 0.112. The molecule has 5 atom stereocenters. The summed E-state index contributed by atoms with van der Waals surface area (Å²) in [5, 5.41) is 3.14. The SMILES string of the molecule is CS(=O)(=O)/C(F)=C\[C@@H](C[C@@H]1CCNC1=O)NC(=O)[C@H]1[C@H]2CC[C@H](CC2(F)F)N1C(=O)c1cc2c(F)ccc(F)c2[nH]1. The number of aromatic amines is 1. The van der Waals surface area contributed by atoms with E-state index in [1.807, 2.05) is 0 Å². The van der Waals surface area contributed by atoms with E-state index in [1.165, 1.54) is 0 Å². The molecular formula is C26H27F5N4O5S. The first kappa shape index (κ1) is 29.0. The third-order valence-corrected chi connectivity index (χ3v) is 8.92. The van der Waals surface area contributed by atoms with Crippen LogP contribution >= 0.6 is 0 Å². The van der Waals surface area contributed by atoms with Crippen molar-refractivity contribution in [2.45, 2.75) is 56.2 Å². The predicted octanol–water partition coefficient (Wildman–Crippen LogP) is 2.94. The Morgan fingerprint density at radius 3 is 2.51 bits per heavy atom. The second kappa shape index (κ2) is 10.4. The lowest BCUT2D eigenvalue weighted by atomic mass is 9.71. The van der Waals surface area contributed by atoms with Gasteiger partial charge in [0.2, 0.25) is 26.8 Å². The fourth-order valence-electron chi connectivity index (χ4n) is 6.10. The van der Waals surface area contributed by atoms with Gasteiger partial charge in [-0.15, -0.1) is 0 Å². The summed E-state index contributed by atoms with van der Waals surface area (Å²) in [5.74, 6) is -9.77. The lowest BCUT2D eigenvalue weighted by Gasteiger charge is -2.53. The van der Waals surface area contributed by atoms with Gasteiger partial charge in [-0.2, -0.15) is 4.39 Å². The van der Waals surface area contributed by atoms with E-state index in [4.69, 9.17) is 0 Å². The maximum atomic E-state index is 15.1. The van der Waals surface area contributed by atoms with Crippen molar-refractivity contribution in [2.24, 2.45) is 11.8 Å². The number of carbonyl (C=O) groups is 3. The van der Waals surface area contributed by atoms with Crippen molar-refractivity contribution >= 4 is 38.5 Å². The molecule has 1 aromatic heterocycles. The van der Waals surface area contributed by atoms with E-state index in [0.717, 1.165) is 23.1 Å². The molecule has 1 aliphatic carbocycles. The molecule has 0 spiro atoms. The molecule has 4 aliphatic rings. The molecule has 0 radical (unpaired) electrons. The third-order valence-electron chi connectivity index (χ3n) is 8.07. The van der Waals surface area contributed by atoms with Crippen molar-refractivity contribution < 1.29 is 44.8 Å². The minimum atomic E-state index is -4.32. The van der Waals surface area contributed by atoms with Crippen molar-refractivity contribution in [2.75, 3.05) is 12.8 Å². The van der Waals surface area contributed by atoms with Gasteiger partial charge in [0.25, 0.3) is 11.8 Å². The molecule has 1 aromatic carbocycles. The number of rotatable bonds is 7.